The van der Waals surface area contributed by atoms with Crippen molar-refractivity contribution in [1.82, 2.24) is 0 Å². The fourth-order valence-corrected chi connectivity index (χ4v) is 3.37. The molecule has 0 saturated heterocycles. The van der Waals surface area contributed by atoms with Crippen LogP contribution in [-0.4, -0.2) is 10.9 Å². The summed E-state index contributed by atoms with van der Waals surface area (Å²) in [6.45, 7) is 0. The number of halogens is 4. The third-order valence-corrected chi connectivity index (χ3v) is 5.30. The summed E-state index contributed by atoms with van der Waals surface area (Å²) in [6, 6.07) is 15.4. The molecule has 0 aromatic heterocycles. The van der Waals surface area contributed by atoms with Crippen LogP contribution >= 0.6 is 15.9 Å². The second-order valence-electron chi connectivity index (χ2n) is 7.11. The minimum atomic E-state index is -4.72. The Balaban J connectivity index is 1.54. The largest absolute Gasteiger partial charge is 0.450 e. The molecule has 0 N–H and O–H groups in total. The van der Waals surface area contributed by atoms with Crippen LogP contribution in [0, 0.1) is 10.1 Å². The zero-order valence-electron chi connectivity index (χ0n) is 17.0. The number of hydrogen-bond acceptors (Lipinski definition) is 5. The molecule has 3 aromatic carbocycles. The number of alkyl halides is 3. The van der Waals surface area contributed by atoms with Crippen molar-refractivity contribution in [3.8, 4) is 11.5 Å². The van der Waals surface area contributed by atoms with Crippen LogP contribution in [0.5, 0.6) is 11.5 Å². The van der Waals surface area contributed by atoms with Crippen LogP contribution in [0.4, 0.5) is 18.9 Å². The summed E-state index contributed by atoms with van der Waals surface area (Å²) in [4.78, 5) is 22.5. The maximum absolute atomic E-state index is 12.9. The summed E-state index contributed by atoms with van der Waals surface area (Å²) in [5, 5.41) is 11.2. The Morgan fingerprint density at radius 1 is 1.00 bits per heavy atom. The number of hydrogen-bond donors (Lipinski definition) is 0. The second kappa shape index (κ2) is 9.14. The number of carbonyl (C=O) groups is 1. The molecular formula is C24H13BrF3NO5. The molecule has 0 spiro atoms. The first kappa shape index (κ1) is 23.2. The maximum atomic E-state index is 12.9. The van der Waals surface area contributed by atoms with Gasteiger partial charge < -0.3 is 9.47 Å². The van der Waals surface area contributed by atoms with E-state index in [1.54, 1.807) is 36.4 Å². The first-order valence-electron chi connectivity index (χ1n) is 9.65. The molecular weight excluding hydrogens is 519 g/mol. The topological polar surface area (TPSA) is 78.7 Å². The number of benzene rings is 3. The number of nitrogens with zero attached hydrogens (tertiary/aromatic N) is 1. The van der Waals surface area contributed by atoms with Gasteiger partial charge in [0.25, 0.3) is 0 Å². The third-order valence-electron chi connectivity index (χ3n) is 4.77. The van der Waals surface area contributed by atoms with Crippen molar-refractivity contribution in [1.29, 1.82) is 0 Å². The third kappa shape index (κ3) is 5.18. The summed E-state index contributed by atoms with van der Waals surface area (Å²) in [5.41, 5.74) is -0.269. The predicted octanol–water partition coefficient (Wildman–Crippen LogP) is 7.15. The lowest BCUT2D eigenvalue weighted by molar-refractivity contribution is -0.385. The average molecular weight is 532 g/mol. The van der Waals surface area contributed by atoms with Gasteiger partial charge in [0.05, 0.1) is 16.1 Å². The summed E-state index contributed by atoms with van der Waals surface area (Å²) < 4.78 is 50.2. The van der Waals surface area contributed by atoms with Gasteiger partial charge in [-0.1, -0.05) is 40.2 Å². The number of rotatable bonds is 5. The minimum Gasteiger partial charge on any atom is -0.450 e. The van der Waals surface area contributed by atoms with Gasteiger partial charge in [-0.15, -0.1) is 0 Å². The zero-order chi connectivity index (χ0) is 24.5. The molecule has 0 fully saturated rings. The molecule has 1 heterocycles. The van der Waals surface area contributed by atoms with Crippen LogP contribution in [-0.2, 0) is 15.7 Å². The van der Waals surface area contributed by atoms with Crippen molar-refractivity contribution in [2.24, 2.45) is 0 Å². The zero-order valence-corrected chi connectivity index (χ0v) is 18.6. The van der Waals surface area contributed by atoms with Gasteiger partial charge in [-0.05, 0) is 54.1 Å². The Hall–Kier alpha value is -3.92. The molecule has 0 amide bonds. The van der Waals surface area contributed by atoms with Gasteiger partial charge in [-0.2, -0.15) is 13.2 Å². The van der Waals surface area contributed by atoms with Gasteiger partial charge in [-0.3, -0.25) is 10.1 Å². The Bertz CT molecular complexity index is 1330. The quantitative estimate of drug-likeness (QED) is 0.151. The van der Waals surface area contributed by atoms with E-state index in [0.29, 0.717) is 29.0 Å². The van der Waals surface area contributed by atoms with Crippen LogP contribution in [0.1, 0.15) is 16.7 Å². The Kier molecular flexibility index (Phi) is 6.25. The Morgan fingerprint density at radius 2 is 1.68 bits per heavy atom. The van der Waals surface area contributed by atoms with Crippen LogP contribution in [0.15, 0.2) is 82.9 Å². The standard InChI is InChI=1S/C24H13BrF3NO5/c25-18-6-3-15(4-7-18)22-12-16(23(30)34-22)11-14-1-8-19(9-2-14)33-21-10-5-17(24(26,27)28)13-20(21)29(31)32/h1-13H. The van der Waals surface area contributed by atoms with Crippen LogP contribution in [0.2, 0.25) is 0 Å². The lowest BCUT2D eigenvalue weighted by atomic mass is 10.1. The van der Waals surface area contributed by atoms with Crippen LogP contribution < -0.4 is 4.74 Å². The van der Waals surface area contributed by atoms with E-state index in [1.165, 1.54) is 12.1 Å². The number of nitro groups is 1. The molecule has 0 saturated carbocycles. The first-order chi connectivity index (χ1) is 16.1. The number of ether oxygens (including phenoxy) is 2. The van der Waals surface area contributed by atoms with Crippen LogP contribution in [0.3, 0.4) is 0 Å². The van der Waals surface area contributed by atoms with Crippen molar-refractivity contribution in [2.45, 2.75) is 6.18 Å². The molecule has 10 heteroatoms. The number of esters is 1. The second-order valence-corrected chi connectivity index (χ2v) is 8.03. The molecule has 1 aliphatic rings. The van der Waals surface area contributed by atoms with Gasteiger partial charge in [0.2, 0.25) is 5.75 Å². The summed E-state index contributed by atoms with van der Waals surface area (Å²) in [7, 11) is 0. The van der Waals surface area contributed by atoms with Gasteiger partial charge in [0.1, 0.15) is 11.5 Å². The summed E-state index contributed by atoms with van der Waals surface area (Å²) >= 11 is 3.34. The molecule has 0 atom stereocenters. The molecule has 172 valence electrons. The summed E-state index contributed by atoms with van der Waals surface area (Å²) in [6.07, 6.45) is -1.51. The monoisotopic (exact) mass is 531 g/mol. The van der Waals surface area contributed by atoms with Gasteiger partial charge in [-0.25, -0.2) is 4.79 Å². The van der Waals surface area contributed by atoms with E-state index in [1.807, 2.05) is 12.1 Å². The van der Waals surface area contributed by atoms with E-state index in [-0.39, 0.29) is 11.5 Å². The van der Waals surface area contributed by atoms with Gasteiger partial charge >= 0.3 is 17.8 Å². The van der Waals surface area contributed by atoms with Crippen LogP contribution in [0.25, 0.3) is 11.8 Å². The molecule has 34 heavy (non-hydrogen) atoms. The molecule has 4 rings (SSSR count). The number of cyclic esters (lactones) is 1. The van der Waals surface area contributed by atoms with Crippen molar-refractivity contribution in [2.75, 3.05) is 0 Å². The lowest BCUT2D eigenvalue weighted by Crippen LogP contribution is -2.06. The van der Waals surface area contributed by atoms with Crippen molar-refractivity contribution < 1.29 is 32.4 Å². The number of nitro benzene ring substituents is 1. The van der Waals surface area contributed by atoms with Gasteiger partial charge in [0.15, 0.2) is 0 Å². The van der Waals surface area contributed by atoms with Crippen molar-refractivity contribution in [3.05, 3.63) is 110 Å². The van der Waals surface area contributed by atoms with E-state index < -0.39 is 28.3 Å². The normalized spacial score (nSPS) is 14.6. The van der Waals surface area contributed by atoms with Crippen molar-refractivity contribution >= 4 is 39.4 Å². The SMILES string of the molecule is O=C1OC(c2ccc(Br)cc2)=CC1=Cc1ccc(Oc2ccc(C(F)(F)F)cc2[N+](=O)[O-])cc1. The van der Waals surface area contributed by atoms with Gasteiger partial charge in [0, 0.05) is 16.1 Å². The molecule has 0 radical (unpaired) electrons. The molecule has 0 unspecified atom stereocenters. The van der Waals surface area contributed by atoms with E-state index in [0.717, 1.165) is 16.1 Å². The Morgan fingerprint density at radius 3 is 2.29 bits per heavy atom. The highest BCUT2D eigenvalue weighted by atomic mass is 79.9. The summed E-state index contributed by atoms with van der Waals surface area (Å²) in [5.74, 6) is -0.257. The molecule has 0 bridgehead atoms. The highest BCUT2D eigenvalue weighted by molar-refractivity contribution is 9.10. The molecule has 0 aliphatic carbocycles. The molecule has 3 aromatic rings. The van der Waals surface area contributed by atoms with E-state index in [9.17, 15) is 28.1 Å². The average Bonchev–Trinajstić information content (AvgIpc) is 3.15. The van der Waals surface area contributed by atoms with E-state index in [2.05, 4.69) is 15.9 Å². The minimum absolute atomic E-state index is 0.171. The fraction of sp³-hybridized carbons (Fsp3) is 0.0417. The van der Waals surface area contributed by atoms with E-state index >= 15 is 0 Å². The van der Waals surface area contributed by atoms with Crippen molar-refractivity contribution in [3.63, 3.8) is 0 Å². The molecule has 6 nitrogen and oxygen atoms in total. The number of carbonyl (C=O) groups excluding carboxylic acids is 1. The van der Waals surface area contributed by atoms with E-state index in [4.69, 9.17) is 9.47 Å². The fourth-order valence-electron chi connectivity index (χ4n) is 3.11. The Labute approximate surface area is 199 Å². The molecule has 1 aliphatic heterocycles. The first-order valence-corrected chi connectivity index (χ1v) is 10.4. The maximum Gasteiger partial charge on any atom is 0.416 e. The predicted molar refractivity (Wildman–Crippen MR) is 121 cm³/mol. The lowest BCUT2D eigenvalue weighted by Gasteiger charge is -2.10. The highest BCUT2D eigenvalue weighted by Gasteiger charge is 2.33. The smallest absolute Gasteiger partial charge is 0.416 e. The highest BCUT2D eigenvalue weighted by Crippen LogP contribution is 2.38.